The van der Waals surface area contributed by atoms with Crippen LogP contribution in [0.25, 0.3) is 0 Å². The zero-order chi connectivity index (χ0) is 20.0. The Kier molecular flexibility index (Phi) is 6.99. The third-order valence-electron chi connectivity index (χ3n) is 4.33. The maximum Gasteiger partial charge on any atom is 0.262 e. The van der Waals surface area contributed by atoms with E-state index in [9.17, 15) is 9.59 Å². The molecule has 144 valence electrons. The van der Waals surface area contributed by atoms with E-state index >= 15 is 0 Å². The van der Waals surface area contributed by atoms with E-state index < -0.39 is 0 Å². The molecule has 2 aromatic carbocycles. The van der Waals surface area contributed by atoms with Crippen LogP contribution in [0.15, 0.2) is 42.5 Å². The van der Waals surface area contributed by atoms with Crippen molar-refractivity contribution in [2.75, 3.05) is 19.0 Å². The topological polar surface area (TPSA) is 67.4 Å². The lowest BCUT2D eigenvalue weighted by Gasteiger charge is -2.20. The largest absolute Gasteiger partial charge is 0.484 e. The Morgan fingerprint density at radius 2 is 1.56 bits per heavy atom. The van der Waals surface area contributed by atoms with E-state index in [1.54, 1.807) is 31.3 Å². The van der Waals surface area contributed by atoms with Crippen molar-refractivity contribution in [2.45, 2.75) is 39.5 Å². The monoisotopic (exact) mass is 368 g/mol. The molecule has 0 saturated carbocycles. The van der Waals surface area contributed by atoms with Gasteiger partial charge in [-0.15, -0.1) is 0 Å². The van der Waals surface area contributed by atoms with Crippen molar-refractivity contribution in [3.05, 3.63) is 59.2 Å². The van der Waals surface area contributed by atoms with Crippen LogP contribution < -0.4 is 15.4 Å². The lowest BCUT2D eigenvalue weighted by molar-refractivity contribution is -0.118. The van der Waals surface area contributed by atoms with Gasteiger partial charge in [-0.3, -0.25) is 9.59 Å². The van der Waals surface area contributed by atoms with Crippen molar-refractivity contribution in [3.8, 4) is 5.75 Å². The molecule has 0 aliphatic heterocycles. The van der Waals surface area contributed by atoms with Crippen molar-refractivity contribution < 1.29 is 14.3 Å². The van der Waals surface area contributed by atoms with Gasteiger partial charge in [-0.05, 0) is 41.2 Å². The molecular formula is C22H28N2O3. The molecule has 27 heavy (non-hydrogen) atoms. The number of nitrogens with one attached hydrogen (secondary N) is 2. The fourth-order valence-electron chi connectivity index (χ4n) is 2.89. The summed E-state index contributed by atoms with van der Waals surface area (Å²) < 4.78 is 5.58. The Morgan fingerprint density at radius 3 is 2.11 bits per heavy atom. The number of ether oxygens (including phenoxy) is 1. The Balaban J connectivity index is 2.12. The van der Waals surface area contributed by atoms with Crippen LogP contribution in [-0.4, -0.2) is 25.5 Å². The van der Waals surface area contributed by atoms with Crippen molar-refractivity contribution in [1.29, 1.82) is 0 Å². The Hall–Kier alpha value is -2.82. The summed E-state index contributed by atoms with van der Waals surface area (Å²) in [7, 11) is 1.57. The summed E-state index contributed by atoms with van der Waals surface area (Å²) in [6, 6.07) is 12.9. The molecule has 0 radical (unpaired) electrons. The van der Waals surface area contributed by atoms with E-state index in [-0.39, 0.29) is 18.4 Å². The number of hydrogen-bond acceptors (Lipinski definition) is 3. The molecule has 0 aliphatic rings. The molecule has 0 heterocycles. The van der Waals surface area contributed by atoms with E-state index in [2.05, 4.69) is 38.3 Å². The van der Waals surface area contributed by atoms with Gasteiger partial charge in [0.2, 0.25) is 0 Å². The predicted molar refractivity (Wildman–Crippen MR) is 109 cm³/mol. The molecular weight excluding hydrogens is 340 g/mol. The van der Waals surface area contributed by atoms with Crippen LogP contribution in [0.5, 0.6) is 5.75 Å². The first-order valence-electron chi connectivity index (χ1n) is 9.21. The Labute approximate surface area is 161 Å². The quantitative estimate of drug-likeness (QED) is 0.765. The van der Waals surface area contributed by atoms with E-state index in [1.807, 2.05) is 18.2 Å². The van der Waals surface area contributed by atoms with Crippen LogP contribution in [0.1, 0.15) is 61.0 Å². The van der Waals surface area contributed by atoms with Crippen LogP contribution in [0, 0.1) is 0 Å². The highest BCUT2D eigenvalue weighted by Gasteiger charge is 2.16. The molecule has 0 fully saturated rings. The minimum Gasteiger partial charge on any atom is -0.484 e. The molecule has 5 heteroatoms. The standard InChI is InChI=1S/C22H28N2O3/c1-14(2)18-10-7-11-19(15(3)4)21(18)24-20(25)13-27-17-9-6-8-16(12-17)22(26)23-5/h6-12,14-15H,13H2,1-5H3,(H,23,26)(H,24,25). The molecule has 0 spiro atoms. The van der Waals surface area contributed by atoms with Gasteiger partial charge in [-0.1, -0.05) is 52.0 Å². The van der Waals surface area contributed by atoms with Crippen LogP contribution in [0.2, 0.25) is 0 Å². The first-order chi connectivity index (χ1) is 12.8. The highest BCUT2D eigenvalue weighted by molar-refractivity contribution is 5.95. The van der Waals surface area contributed by atoms with Gasteiger partial charge in [0.15, 0.2) is 6.61 Å². The molecule has 2 aromatic rings. The number of anilines is 1. The molecule has 0 atom stereocenters. The molecule has 2 amide bonds. The maximum atomic E-state index is 12.5. The third kappa shape index (κ3) is 5.33. The normalized spacial score (nSPS) is 10.8. The van der Waals surface area contributed by atoms with Gasteiger partial charge in [0, 0.05) is 18.3 Å². The number of amides is 2. The summed E-state index contributed by atoms with van der Waals surface area (Å²) in [6.45, 7) is 8.30. The van der Waals surface area contributed by atoms with Crippen molar-refractivity contribution >= 4 is 17.5 Å². The van der Waals surface area contributed by atoms with Crippen molar-refractivity contribution in [3.63, 3.8) is 0 Å². The highest BCUT2D eigenvalue weighted by atomic mass is 16.5. The molecule has 0 bridgehead atoms. The van der Waals surface area contributed by atoms with Crippen LogP contribution in [-0.2, 0) is 4.79 Å². The zero-order valence-corrected chi connectivity index (χ0v) is 16.6. The lowest BCUT2D eigenvalue weighted by atomic mass is 9.92. The fourth-order valence-corrected chi connectivity index (χ4v) is 2.89. The summed E-state index contributed by atoms with van der Waals surface area (Å²) in [5, 5.41) is 5.58. The second kappa shape index (κ2) is 9.21. The molecule has 0 aromatic heterocycles. The fraction of sp³-hybridized carbons (Fsp3) is 0.364. The van der Waals surface area contributed by atoms with Gasteiger partial charge >= 0.3 is 0 Å². The average molecular weight is 368 g/mol. The Bertz CT molecular complexity index is 787. The predicted octanol–water partition coefficient (Wildman–Crippen LogP) is 4.31. The third-order valence-corrected chi connectivity index (χ3v) is 4.33. The van der Waals surface area contributed by atoms with Gasteiger partial charge < -0.3 is 15.4 Å². The molecule has 0 aliphatic carbocycles. The highest BCUT2D eigenvalue weighted by Crippen LogP contribution is 2.32. The zero-order valence-electron chi connectivity index (χ0n) is 16.6. The number of hydrogen-bond donors (Lipinski definition) is 2. The van der Waals surface area contributed by atoms with Crippen molar-refractivity contribution in [1.82, 2.24) is 5.32 Å². The lowest BCUT2D eigenvalue weighted by Crippen LogP contribution is -2.22. The second-order valence-corrected chi connectivity index (χ2v) is 7.06. The molecule has 2 rings (SSSR count). The smallest absolute Gasteiger partial charge is 0.262 e. The van der Waals surface area contributed by atoms with Crippen molar-refractivity contribution in [2.24, 2.45) is 0 Å². The van der Waals surface area contributed by atoms with Crippen LogP contribution >= 0.6 is 0 Å². The van der Waals surface area contributed by atoms with Gasteiger partial charge in [-0.2, -0.15) is 0 Å². The van der Waals surface area contributed by atoms with Gasteiger partial charge in [-0.25, -0.2) is 0 Å². The van der Waals surface area contributed by atoms with Crippen LogP contribution in [0.4, 0.5) is 5.69 Å². The van der Waals surface area contributed by atoms with Gasteiger partial charge in [0.05, 0.1) is 0 Å². The summed E-state index contributed by atoms with van der Waals surface area (Å²) in [5.74, 6) is 0.647. The molecule has 0 saturated heterocycles. The van der Waals surface area contributed by atoms with E-state index in [4.69, 9.17) is 4.74 Å². The second-order valence-electron chi connectivity index (χ2n) is 7.06. The summed E-state index contributed by atoms with van der Waals surface area (Å²) in [6.07, 6.45) is 0. The SMILES string of the molecule is CNC(=O)c1cccc(OCC(=O)Nc2c(C(C)C)cccc2C(C)C)c1. The van der Waals surface area contributed by atoms with E-state index in [1.165, 1.54) is 0 Å². The minimum absolute atomic E-state index is 0.124. The maximum absolute atomic E-state index is 12.5. The summed E-state index contributed by atoms with van der Waals surface area (Å²) >= 11 is 0. The van der Waals surface area contributed by atoms with Crippen LogP contribution in [0.3, 0.4) is 0 Å². The minimum atomic E-state index is -0.227. The molecule has 5 nitrogen and oxygen atoms in total. The number of carbonyl (C=O) groups excluding carboxylic acids is 2. The Morgan fingerprint density at radius 1 is 0.963 bits per heavy atom. The average Bonchev–Trinajstić information content (AvgIpc) is 2.65. The number of para-hydroxylation sites is 1. The molecule has 0 unspecified atom stereocenters. The number of benzene rings is 2. The summed E-state index contributed by atoms with van der Waals surface area (Å²) in [4.78, 5) is 24.2. The van der Waals surface area contributed by atoms with E-state index in [0.29, 0.717) is 23.1 Å². The molecule has 2 N–H and O–H groups in total. The van der Waals surface area contributed by atoms with Gasteiger partial charge in [0.1, 0.15) is 5.75 Å². The number of carbonyl (C=O) groups is 2. The van der Waals surface area contributed by atoms with E-state index in [0.717, 1.165) is 16.8 Å². The van der Waals surface area contributed by atoms with Gasteiger partial charge in [0.25, 0.3) is 11.8 Å². The first-order valence-corrected chi connectivity index (χ1v) is 9.21. The summed E-state index contributed by atoms with van der Waals surface area (Å²) in [5.41, 5.74) is 3.57. The first kappa shape index (κ1) is 20.5. The number of rotatable bonds is 7.